The molecule has 0 aromatic carbocycles. The average molecular weight is 555 g/mol. The van der Waals surface area contributed by atoms with Crippen molar-refractivity contribution in [2.45, 2.75) is 187 Å². The number of hydrogen-bond donors (Lipinski definition) is 2. The molecule has 6 nitrogen and oxygen atoms in total. The van der Waals surface area contributed by atoms with Crippen molar-refractivity contribution in [2.24, 2.45) is 0 Å². The molecule has 2 N–H and O–H groups in total. The molecule has 1 unspecified atom stereocenters. The second-order valence-corrected chi connectivity index (χ2v) is 11.4. The lowest BCUT2D eigenvalue weighted by Crippen LogP contribution is -2.60. The molecule has 0 aliphatic carbocycles. The van der Waals surface area contributed by atoms with Crippen molar-refractivity contribution in [3.8, 4) is 0 Å². The number of carbonyl (C=O) groups is 3. The van der Waals surface area contributed by atoms with E-state index in [1.165, 1.54) is 89.9 Å². The minimum Gasteiger partial charge on any atom is -0.440 e. The number of unbranched alkanes of at least 4 members (excludes halogenated alkanes) is 20. The van der Waals surface area contributed by atoms with Crippen LogP contribution in [0.4, 0.5) is 0 Å². The lowest BCUT2D eigenvalue weighted by molar-refractivity contribution is -0.186. The minimum atomic E-state index is -2.29. The second kappa shape index (κ2) is 25.7. The number of aliphatic hydroxyl groups excluding tert-OH is 2. The molecule has 0 aliphatic rings. The van der Waals surface area contributed by atoms with Gasteiger partial charge in [0.2, 0.25) is 0 Å². The molecule has 0 aliphatic heterocycles. The summed E-state index contributed by atoms with van der Waals surface area (Å²) in [4.78, 5) is 38.4. The van der Waals surface area contributed by atoms with E-state index < -0.39 is 35.8 Å². The first kappa shape index (κ1) is 37.7. The normalized spacial score (nSPS) is 12.4. The quantitative estimate of drug-likeness (QED) is 0.0549. The van der Waals surface area contributed by atoms with E-state index in [1.807, 2.05) is 0 Å². The molecular formula is C33H62O6. The zero-order valence-electron chi connectivity index (χ0n) is 25.8. The van der Waals surface area contributed by atoms with Crippen LogP contribution in [0, 0.1) is 0 Å². The van der Waals surface area contributed by atoms with Gasteiger partial charge in [0, 0.05) is 19.8 Å². The zero-order valence-corrected chi connectivity index (χ0v) is 25.8. The van der Waals surface area contributed by atoms with Crippen LogP contribution < -0.4 is 0 Å². The van der Waals surface area contributed by atoms with Crippen LogP contribution in [0.5, 0.6) is 0 Å². The summed E-state index contributed by atoms with van der Waals surface area (Å²) in [5.74, 6) is -1.99. The molecule has 0 spiro atoms. The molecule has 0 fully saturated rings. The van der Waals surface area contributed by atoms with Crippen molar-refractivity contribution in [3.05, 3.63) is 0 Å². The van der Waals surface area contributed by atoms with Crippen LogP contribution in [0.2, 0.25) is 0 Å². The molecule has 230 valence electrons. The summed E-state index contributed by atoms with van der Waals surface area (Å²) in [6.07, 6.45) is 23.3. The van der Waals surface area contributed by atoms with Crippen molar-refractivity contribution in [2.75, 3.05) is 6.61 Å². The van der Waals surface area contributed by atoms with Crippen molar-refractivity contribution in [3.63, 3.8) is 0 Å². The summed E-state index contributed by atoms with van der Waals surface area (Å²) in [7, 11) is 0. The minimum absolute atomic E-state index is 0.0470. The van der Waals surface area contributed by atoms with E-state index in [2.05, 4.69) is 13.8 Å². The molecule has 0 radical (unpaired) electrons. The standard InChI is InChI=1S/C33H62O6/c1-4-6-8-10-12-14-16-18-20-22-24-26-30(36)33(32(38)28-34,39-29(3)35)31(37)27-25-23-21-19-17-15-13-11-9-7-5-2/h32,34,38H,4-28H2,1-3H3. The topological polar surface area (TPSA) is 101 Å². The van der Waals surface area contributed by atoms with E-state index in [0.717, 1.165) is 45.4 Å². The van der Waals surface area contributed by atoms with Crippen LogP contribution in [-0.4, -0.2) is 46.1 Å². The van der Waals surface area contributed by atoms with Gasteiger partial charge >= 0.3 is 5.97 Å². The molecule has 0 rings (SSSR count). The van der Waals surface area contributed by atoms with Gasteiger partial charge in [-0.2, -0.15) is 0 Å². The Balaban J connectivity index is 4.55. The maximum Gasteiger partial charge on any atom is 0.304 e. The first-order chi connectivity index (χ1) is 18.9. The Morgan fingerprint density at radius 3 is 1.10 bits per heavy atom. The molecular weight excluding hydrogens is 492 g/mol. The van der Waals surface area contributed by atoms with Gasteiger partial charge < -0.3 is 14.9 Å². The fourth-order valence-corrected chi connectivity index (χ4v) is 5.34. The summed E-state index contributed by atoms with van der Waals surface area (Å²) < 4.78 is 5.27. The lowest BCUT2D eigenvalue weighted by atomic mass is 9.82. The number of carbonyl (C=O) groups excluding carboxylic acids is 3. The largest absolute Gasteiger partial charge is 0.440 e. The number of aliphatic hydroxyl groups is 2. The fraction of sp³-hybridized carbons (Fsp3) is 0.909. The molecule has 0 saturated carbocycles. The lowest BCUT2D eigenvalue weighted by Gasteiger charge is -2.33. The molecule has 39 heavy (non-hydrogen) atoms. The number of rotatable bonds is 29. The Labute approximate surface area is 240 Å². The molecule has 1 atom stereocenters. The van der Waals surface area contributed by atoms with Crippen molar-refractivity contribution >= 4 is 17.5 Å². The molecule has 0 amide bonds. The molecule has 0 saturated heterocycles. The summed E-state index contributed by atoms with van der Waals surface area (Å²) in [5.41, 5.74) is -2.29. The highest BCUT2D eigenvalue weighted by atomic mass is 16.6. The smallest absolute Gasteiger partial charge is 0.304 e. The fourth-order valence-electron chi connectivity index (χ4n) is 5.34. The van der Waals surface area contributed by atoms with Gasteiger partial charge in [0.25, 0.3) is 5.60 Å². The van der Waals surface area contributed by atoms with E-state index in [0.29, 0.717) is 12.8 Å². The number of ketones is 2. The van der Waals surface area contributed by atoms with Crippen molar-refractivity contribution in [1.29, 1.82) is 0 Å². The maximum absolute atomic E-state index is 13.2. The molecule has 0 aromatic heterocycles. The van der Waals surface area contributed by atoms with Crippen LogP contribution >= 0.6 is 0 Å². The SMILES string of the molecule is CCCCCCCCCCCCCC(=O)C(OC(C)=O)(C(=O)CCCCCCCCCCCCC)C(O)CO. The second-order valence-electron chi connectivity index (χ2n) is 11.4. The van der Waals surface area contributed by atoms with Crippen LogP contribution in [0.15, 0.2) is 0 Å². The average Bonchev–Trinajstić information content (AvgIpc) is 2.92. The van der Waals surface area contributed by atoms with E-state index >= 15 is 0 Å². The van der Waals surface area contributed by atoms with Gasteiger partial charge in [0.1, 0.15) is 6.10 Å². The van der Waals surface area contributed by atoms with Gasteiger partial charge in [-0.25, -0.2) is 0 Å². The summed E-state index contributed by atoms with van der Waals surface area (Å²) in [5, 5.41) is 20.2. The van der Waals surface area contributed by atoms with Crippen molar-refractivity contribution < 1.29 is 29.3 Å². The predicted octanol–water partition coefficient (Wildman–Crippen LogP) is 8.18. The Morgan fingerprint density at radius 2 is 0.846 bits per heavy atom. The third-order valence-electron chi connectivity index (χ3n) is 7.79. The number of hydrogen-bond acceptors (Lipinski definition) is 6. The Morgan fingerprint density at radius 1 is 0.564 bits per heavy atom. The van der Waals surface area contributed by atoms with Crippen LogP contribution in [0.1, 0.15) is 175 Å². The number of Topliss-reactive ketones (excluding diaryl/α,β-unsaturated/α-hetero) is 2. The molecule has 6 heteroatoms. The third kappa shape index (κ3) is 17.9. The van der Waals surface area contributed by atoms with Gasteiger partial charge in [-0.05, 0) is 12.8 Å². The van der Waals surface area contributed by atoms with E-state index in [-0.39, 0.29) is 12.8 Å². The summed E-state index contributed by atoms with van der Waals surface area (Å²) >= 11 is 0. The van der Waals surface area contributed by atoms with Crippen molar-refractivity contribution in [1.82, 2.24) is 0 Å². The maximum atomic E-state index is 13.2. The Bertz CT molecular complexity index is 579. The highest BCUT2D eigenvalue weighted by molar-refractivity contribution is 6.12. The van der Waals surface area contributed by atoms with Gasteiger partial charge in [-0.15, -0.1) is 0 Å². The summed E-state index contributed by atoms with van der Waals surface area (Å²) in [6, 6.07) is 0. The first-order valence-electron chi connectivity index (χ1n) is 16.4. The predicted molar refractivity (Wildman–Crippen MR) is 160 cm³/mol. The van der Waals surface area contributed by atoms with E-state index in [9.17, 15) is 24.6 Å². The van der Waals surface area contributed by atoms with E-state index in [1.54, 1.807) is 0 Å². The van der Waals surface area contributed by atoms with Crippen LogP contribution in [0.3, 0.4) is 0 Å². The molecule has 0 bridgehead atoms. The van der Waals surface area contributed by atoms with Crippen LogP contribution in [-0.2, 0) is 19.1 Å². The highest BCUT2D eigenvalue weighted by Gasteiger charge is 2.53. The Hall–Kier alpha value is -1.27. The Kier molecular flexibility index (Phi) is 24.8. The number of ether oxygens (including phenoxy) is 1. The van der Waals surface area contributed by atoms with Gasteiger partial charge in [-0.1, -0.05) is 142 Å². The monoisotopic (exact) mass is 554 g/mol. The first-order valence-corrected chi connectivity index (χ1v) is 16.4. The highest BCUT2D eigenvalue weighted by Crippen LogP contribution is 2.27. The van der Waals surface area contributed by atoms with Gasteiger partial charge in [0.15, 0.2) is 11.6 Å². The zero-order chi connectivity index (χ0) is 29.2. The summed E-state index contributed by atoms with van der Waals surface area (Å²) in [6.45, 7) is 4.76. The number of esters is 1. The van der Waals surface area contributed by atoms with Gasteiger partial charge in [-0.3, -0.25) is 14.4 Å². The molecule has 0 aromatic rings. The van der Waals surface area contributed by atoms with E-state index in [4.69, 9.17) is 4.74 Å². The molecule has 0 heterocycles. The van der Waals surface area contributed by atoms with Gasteiger partial charge in [0.05, 0.1) is 6.61 Å². The van der Waals surface area contributed by atoms with Crippen LogP contribution in [0.25, 0.3) is 0 Å². The third-order valence-corrected chi connectivity index (χ3v) is 7.79.